The minimum Gasteiger partial charge on any atom is -0.344 e. The van der Waals surface area contributed by atoms with Gasteiger partial charge in [0.05, 0.1) is 0 Å². The monoisotopic (exact) mass is 159 g/mol. The molecule has 68 valence electrons. The van der Waals surface area contributed by atoms with Gasteiger partial charge in [-0.15, -0.1) is 0 Å². The van der Waals surface area contributed by atoms with Gasteiger partial charge in [0.1, 0.15) is 0 Å². The molecule has 0 bridgehead atoms. The van der Waals surface area contributed by atoms with Gasteiger partial charge in [-0.2, -0.15) is 0 Å². The fourth-order valence-corrected chi connectivity index (χ4v) is 1.38. The van der Waals surface area contributed by atoms with Gasteiger partial charge in [0.2, 0.25) is 0 Å². The van der Waals surface area contributed by atoms with Crippen LogP contribution >= 0.6 is 0 Å². The zero-order valence-electron chi connectivity index (χ0n) is 7.77. The molecular weight excluding hydrogens is 138 g/mol. The molecule has 1 aliphatic rings. The van der Waals surface area contributed by atoms with Gasteiger partial charge in [0.15, 0.2) is 0 Å². The summed E-state index contributed by atoms with van der Waals surface area (Å²) in [4.78, 5) is 2.55. The lowest BCUT2D eigenvalue weighted by Gasteiger charge is -2.32. The predicted molar refractivity (Wildman–Crippen MR) is 49.2 cm³/mol. The molecule has 0 aromatic rings. The zero-order valence-corrected chi connectivity index (χ0v) is 7.77. The molecule has 1 unspecified atom stereocenters. The summed E-state index contributed by atoms with van der Waals surface area (Å²) in [6.45, 7) is 9.37. The number of nitrogens with zero attached hydrogens (tertiary/aromatic N) is 1. The molecule has 0 aromatic heterocycles. The highest BCUT2D eigenvalue weighted by Gasteiger charge is 2.13. The molecule has 11 heavy (non-hydrogen) atoms. The Labute approximate surface area is 69.7 Å². The maximum atomic E-state index is 3.35. The Kier molecular flexibility index (Phi) is 5.46. The third-order valence-corrected chi connectivity index (χ3v) is 2.37. The van der Waals surface area contributed by atoms with Crippen molar-refractivity contribution in [1.29, 1.82) is 0 Å². The highest BCUT2D eigenvalue weighted by atomic mass is 15.2. The predicted octanol–water partition coefficient (Wildman–Crippen LogP) is 0.852. The minimum atomic E-state index is 0. The lowest BCUT2D eigenvalue weighted by atomic mass is 10.2. The van der Waals surface area contributed by atoms with E-state index in [0.717, 1.165) is 6.04 Å². The van der Waals surface area contributed by atoms with Gasteiger partial charge in [-0.1, -0.05) is 6.92 Å². The molecule has 1 fully saturated rings. The highest BCUT2D eigenvalue weighted by molar-refractivity contribution is 4.71. The Morgan fingerprint density at radius 3 is 2.36 bits per heavy atom. The molecule has 0 amide bonds. The van der Waals surface area contributed by atoms with Crippen LogP contribution in [-0.4, -0.2) is 37.1 Å². The van der Waals surface area contributed by atoms with Crippen molar-refractivity contribution in [3.8, 4) is 0 Å². The van der Waals surface area contributed by atoms with Gasteiger partial charge >= 0.3 is 0 Å². The molecule has 1 atom stereocenters. The number of hydrogen-bond acceptors (Lipinski definition) is 3. The van der Waals surface area contributed by atoms with E-state index >= 15 is 0 Å². The van der Waals surface area contributed by atoms with E-state index in [0.29, 0.717) is 0 Å². The largest absolute Gasteiger partial charge is 0.344 e. The summed E-state index contributed by atoms with van der Waals surface area (Å²) in [5, 5.41) is 3.35. The summed E-state index contributed by atoms with van der Waals surface area (Å²) in [5.41, 5.74) is 0. The van der Waals surface area contributed by atoms with Crippen molar-refractivity contribution in [2.24, 2.45) is 0 Å². The van der Waals surface area contributed by atoms with E-state index in [9.17, 15) is 0 Å². The molecule has 0 aliphatic carbocycles. The first-order valence-corrected chi connectivity index (χ1v) is 4.29. The van der Waals surface area contributed by atoms with Crippen LogP contribution in [0, 0.1) is 0 Å². The van der Waals surface area contributed by atoms with Crippen molar-refractivity contribution >= 4 is 0 Å². The first kappa shape index (κ1) is 10.9. The number of nitrogens with one attached hydrogen (secondary N) is 1. The van der Waals surface area contributed by atoms with Gasteiger partial charge in [-0.25, -0.2) is 0 Å². The highest BCUT2D eigenvalue weighted by Crippen LogP contribution is 2.03. The van der Waals surface area contributed by atoms with E-state index in [-0.39, 0.29) is 6.15 Å². The summed E-state index contributed by atoms with van der Waals surface area (Å²) in [5.74, 6) is 0. The molecule has 1 saturated heterocycles. The topological polar surface area (TPSA) is 50.3 Å². The van der Waals surface area contributed by atoms with E-state index in [2.05, 4.69) is 24.1 Å². The Hall–Kier alpha value is -0.120. The Morgan fingerprint density at radius 1 is 1.36 bits per heavy atom. The molecule has 0 aromatic carbocycles. The number of rotatable bonds is 2. The Morgan fingerprint density at radius 2 is 1.91 bits per heavy atom. The summed E-state index contributed by atoms with van der Waals surface area (Å²) in [7, 11) is 0. The molecule has 0 radical (unpaired) electrons. The van der Waals surface area contributed by atoms with Gasteiger partial charge in [-0.3, -0.25) is 4.90 Å². The van der Waals surface area contributed by atoms with Crippen LogP contribution in [0.25, 0.3) is 0 Å². The minimum absolute atomic E-state index is 0. The summed E-state index contributed by atoms with van der Waals surface area (Å²) < 4.78 is 0. The second-order valence-electron chi connectivity index (χ2n) is 3.04. The summed E-state index contributed by atoms with van der Waals surface area (Å²) >= 11 is 0. The Bertz CT molecular complexity index is 89.3. The average molecular weight is 159 g/mol. The summed E-state index contributed by atoms with van der Waals surface area (Å²) in [6, 6.07) is 0.780. The Balaban J connectivity index is 0.000001000. The van der Waals surface area contributed by atoms with E-state index in [1.807, 2.05) is 0 Å². The SMILES string of the molecule is CCC(C)N1CCNCC1.N. The summed E-state index contributed by atoms with van der Waals surface area (Å²) in [6.07, 6.45) is 1.28. The number of hydrogen-bond donors (Lipinski definition) is 2. The lowest BCUT2D eigenvalue weighted by Crippen LogP contribution is -2.47. The van der Waals surface area contributed by atoms with Crippen molar-refractivity contribution in [3.05, 3.63) is 0 Å². The van der Waals surface area contributed by atoms with Gasteiger partial charge in [0, 0.05) is 32.2 Å². The van der Waals surface area contributed by atoms with E-state index in [1.54, 1.807) is 0 Å². The molecular formula is C8H21N3. The molecule has 1 heterocycles. The number of piperazine rings is 1. The molecule has 1 rings (SSSR count). The van der Waals surface area contributed by atoms with E-state index in [4.69, 9.17) is 0 Å². The standard InChI is InChI=1S/C8H18N2.H3N/c1-3-8(2)10-6-4-9-5-7-10;/h8-9H,3-7H2,1-2H3;1H3. The molecule has 1 aliphatic heterocycles. The lowest BCUT2D eigenvalue weighted by molar-refractivity contribution is 0.180. The van der Waals surface area contributed by atoms with Crippen LogP contribution < -0.4 is 11.5 Å². The van der Waals surface area contributed by atoms with Crippen LogP contribution in [0.2, 0.25) is 0 Å². The molecule has 4 N–H and O–H groups in total. The van der Waals surface area contributed by atoms with Crippen LogP contribution in [-0.2, 0) is 0 Å². The molecule has 3 nitrogen and oxygen atoms in total. The van der Waals surface area contributed by atoms with E-state index < -0.39 is 0 Å². The molecule has 3 heteroatoms. The molecule has 0 saturated carbocycles. The van der Waals surface area contributed by atoms with Crippen LogP contribution in [0.3, 0.4) is 0 Å². The van der Waals surface area contributed by atoms with Crippen molar-refractivity contribution < 1.29 is 0 Å². The fourth-order valence-electron chi connectivity index (χ4n) is 1.38. The zero-order chi connectivity index (χ0) is 7.40. The van der Waals surface area contributed by atoms with Crippen LogP contribution in [0.15, 0.2) is 0 Å². The quantitative estimate of drug-likeness (QED) is 0.628. The fraction of sp³-hybridized carbons (Fsp3) is 1.00. The first-order chi connectivity index (χ1) is 4.84. The van der Waals surface area contributed by atoms with Gasteiger partial charge < -0.3 is 11.5 Å². The second-order valence-corrected chi connectivity index (χ2v) is 3.04. The van der Waals surface area contributed by atoms with Crippen LogP contribution in [0.5, 0.6) is 0 Å². The van der Waals surface area contributed by atoms with Crippen molar-refractivity contribution in [1.82, 2.24) is 16.4 Å². The van der Waals surface area contributed by atoms with Gasteiger partial charge in [-0.05, 0) is 13.3 Å². The smallest absolute Gasteiger partial charge is 0.0110 e. The van der Waals surface area contributed by atoms with Crippen LogP contribution in [0.4, 0.5) is 0 Å². The van der Waals surface area contributed by atoms with Crippen molar-refractivity contribution in [2.45, 2.75) is 26.3 Å². The van der Waals surface area contributed by atoms with Crippen molar-refractivity contribution in [2.75, 3.05) is 26.2 Å². The molecule has 0 spiro atoms. The average Bonchev–Trinajstić information content (AvgIpc) is 2.05. The van der Waals surface area contributed by atoms with Crippen LogP contribution in [0.1, 0.15) is 20.3 Å². The van der Waals surface area contributed by atoms with Crippen molar-refractivity contribution in [3.63, 3.8) is 0 Å². The normalized spacial score (nSPS) is 22.4. The third kappa shape index (κ3) is 3.18. The first-order valence-electron chi connectivity index (χ1n) is 4.29. The maximum absolute atomic E-state index is 3.35. The maximum Gasteiger partial charge on any atom is 0.0110 e. The van der Waals surface area contributed by atoms with Gasteiger partial charge in [0.25, 0.3) is 0 Å². The van der Waals surface area contributed by atoms with E-state index in [1.165, 1.54) is 32.6 Å². The second kappa shape index (κ2) is 5.52. The third-order valence-electron chi connectivity index (χ3n) is 2.37.